The van der Waals surface area contributed by atoms with E-state index in [0.717, 1.165) is 25.2 Å². The molecule has 1 amide bonds. The number of ether oxygens (including phenoxy) is 2. The summed E-state index contributed by atoms with van der Waals surface area (Å²) in [5.74, 6) is 1.72. The van der Waals surface area contributed by atoms with Crippen molar-refractivity contribution in [3.8, 4) is 11.5 Å². The fraction of sp³-hybridized carbons (Fsp3) is 0.444. The largest absolute Gasteiger partial charge is 0.493 e. The first-order valence-corrected chi connectivity index (χ1v) is 9.37. The van der Waals surface area contributed by atoms with Gasteiger partial charge in [0, 0.05) is 17.5 Å². The molecule has 1 saturated heterocycles. The second-order valence-electron chi connectivity index (χ2n) is 6.04. The summed E-state index contributed by atoms with van der Waals surface area (Å²) in [6.07, 6.45) is 2.19. The van der Waals surface area contributed by atoms with Gasteiger partial charge < -0.3 is 20.1 Å². The van der Waals surface area contributed by atoms with Crippen molar-refractivity contribution in [2.24, 2.45) is 5.92 Å². The summed E-state index contributed by atoms with van der Waals surface area (Å²) >= 11 is 1.53. The Hall–Kier alpha value is -2.12. The minimum Gasteiger partial charge on any atom is -0.493 e. The highest BCUT2D eigenvalue weighted by Gasteiger charge is 2.15. The van der Waals surface area contributed by atoms with Crippen LogP contribution in [0.25, 0.3) is 0 Å². The van der Waals surface area contributed by atoms with Crippen LogP contribution in [0.15, 0.2) is 29.1 Å². The molecule has 0 bridgehead atoms. The molecule has 0 radical (unpaired) electrons. The molecule has 134 valence electrons. The lowest BCUT2D eigenvalue weighted by Gasteiger charge is -2.12. The van der Waals surface area contributed by atoms with E-state index in [2.05, 4.69) is 15.6 Å². The number of carbonyl (C=O) groups excluding carboxylic acids is 1. The number of nitrogens with zero attached hydrogens (tertiary/aromatic N) is 1. The van der Waals surface area contributed by atoms with Gasteiger partial charge in [0.1, 0.15) is 6.61 Å². The van der Waals surface area contributed by atoms with Crippen LogP contribution in [0.4, 0.5) is 0 Å². The summed E-state index contributed by atoms with van der Waals surface area (Å²) in [5.41, 5.74) is 3.21. The van der Waals surface area contributed by atoms with Crippen molar-refractivity contribution in [2.45, 2.75) is 19.4 Å². The van der Waals surface area contributed by atoms with Gasteiger partial charge >= 0.3 is 0 Å². The van der Waals surface area contributed by atoms with Crippen LogP contribution < -0.4 is 20.1 Å². The molecule has 1 aliphatic heterocycles. The topological polar surface area (TPSA) is 72.5 Å². The number of thiazole rings is 1. The molecule has 6 nitrogen and oxygen atoms in total. The Morgan fingerprint density at radius 3 is 3.08 bits per heavy atom. The Balaban J connectivity index is 1.54. The molecule has 2 aromatic rings. The van der Waals surface area contributed by atoms with Crippen LogP contribution in [0.2, 0.25) is 0 Å². The third-order valence-electron chi connectivity index (χ3n) is 4.29. The van der Waals surface area contributed by atoms with Gasteiger partial charge in [-0.1, -0.05) is 0 Å². The first-order valence-electron chi connectivity index (χ1n) is 8.43. The smallest absolute Gasteiger partial charge is 0.251 e. The van der Waals surface area contributed by atoms with Gasteiger partial charge in [0.05, 0.1) is 18.3 Å². The second kappa shape index (κ2) is 8.82. The number of rotatable bonds is 8. The molecule has 0 spiro atoms. The average molecular weight is 361 g/mol. The van der Waals surface area contributed by atoms with Crippen LogP contribution in [-0.2, 0) is 6.61 Å². The molecule has 1 aromatic heterocycles. The minimum atomic E-state index is -0.0877. The molecule has 1 unspecified atom stereocenters. The Bertz CT molecular complexity index is 685. The predicted molar refractivity (Wildman–Crippen MR) is 97.4 cm³/mol. The highest BCUT2D eigenvalue weighted by molar-refractivity contribution is 7.07. The van der Waals surface area contributed by atoms with Crippen LogP contribution >= 0.6 is 11.3 Å². The molecular formula is C18H23N3O3S. The van der Waals surface area contributed by atoms with E-state index in [1.807, 2.05) is 5.38 Å². The minimum absolute atomic E-state index is 0.0877. The van der Waals surface area contributed by atoms with Gasteiger partial charge in [0.25, 0.3) is 5.91 Å². The van der Waals surface area contributed by atoms with E-state index in [1.165, 1.54) is 17.8 Å². The number of amides is 1. The number of nitrogens with one attached hydrogen (secondary N) is 2. The lowest BCUT2D eigenvalue weighted by atomic mass is 10.1. The van der Waals surface area contributed by atoms with Crippen molar-refractivity contribution in [3.63, 3.8) is 0 Å². The van der Waals surface area contributed by atoms with E-state index in [4.69, 9.17) is 9.47 Å². The third kappa shape index (κ3) is 4.93. The number of carbonyl (C=O) groups is 1. The van der Waals surface area contributed by atoms with Gasteiger partial charge in [0.2, 0.25) is 0 Å². The predicted octanol–water partition coefficient (Wildman–Crippen LogP) is 2.46. The molecule has 0 saturated carbocycles. The molecule has 1 aliphatic rings. The fourth-order valence-corrected chi connectivity index (χ4v) is 3.38. The van der Waals surface area contributed by atoms with Crippen molar-refractivity contribution >= 4 is 17.2 Å². The van der Waals surface area contributed by atoms with Crippen molar-refractivity contribution in [2.75, 3.05) is 26.7 Å². The Morgan fingerprint density at radius 1 is 1.44 bits per heavy atom. The first kappa shape index (κ1) is 17.7. The molecule has 0 aliphatic carbocycles. The molecule has 25 heavy (non-hydrogen) atoms. The van der Waals surface area contributed by atoms with Crippen LogP contribution in [0.3, 0.4) is 0 Å². The van der Waals surface area contributed by atoms with E-state index in [1.54, 1.807) is 30.8 Å². The second-order valence-corrected chi connectivity index (χ2v) is 6.76. The number of hydrogen-bond acceptors (Lipinski definition) is 6. The standard InChI is InChI=1S/C18H23N3O3S/c1-23-17-8-14(18(22)20-7-5-13-4-6-19-9-13)2-3-16(17)24-10-15-11-25-12-21-15/h2-3,8,11-13,19H,4-7,9-10H2,1H3,(H,20,22). The van der Waals surface area contributed by atoms with Crippen LogP contribution in [0, 0.1) is 5.92 Å². The van der Waals surface area contributed by atoms with E-state index >= 15 is 0 Å². The summed E-state index contributed by atoms with van der Waals surface area (Å²) in [6.45, 7) is 3.20. The van der Waals surface area contributed by atoms with Crippen LogP contribution in [-0.4, -0.2) is 37.6 Å². The average Bonchev–Trinajstić information content (AvgIpc) is 3.33. The zero-order valence-electron chi connectivity index (χ0n) is 14.3. The molecule has 1 aromatic carbocycles. The maximum Gasteiger partial charge on any atom is 0.251 e. The van der Waals surface area contributed by atoms with Gasteiger partial charge in [-0.15, -0.1) is 11.3 Å². The van der Waals surface area contributed by atoms with Gasteiger partial charge in [-0.05, 0) is 50.0 Å². The first-order chi connectivity index (χ1) is 12.3. The van der Waals surface area contributed by atoms with E-state index in [9.17, 15) is 4.79 Å². The summed E-state index contributed by atoms with van der Waals surface area (Å²) in [6, 6.07) is 5.23. The Morgan fingerprint density at radius 2 is 2.36 bits per heavy atom. The number of benzene rings is 1. The zero-order valence-corrected chi connectivity index (χ0v) is 15.1. The lowest BCUT2D eigenvalue weighted by Crippen LogP contribution is -2.26. The van der Waals surface area contributed by atoms with Gasteiger partial charge in [0.15, 0.2) is 11.5 Å². The third-order valence-corrected chi connectivity index (χ3v) is 4.92. The lowest BCUT2D eigenvalue weighted by molar-refractivity contribution is 0.0951. The molecular weight excluding hydrogens is 338 g/mol. The number of hydrogen-bond donors (Lipinski definition) is 2. The fourth-order valence-electron chi connectivity index (χ4n) is 2.84. The van der Waals surface area contributed by atoms with Crippen molar-refractivity contribution in [1.82, 2.24) is 15.6 Å². The van der Waals surface area contributed by atoms with Crippen molar-refractivity contribution < 1.29 is 14.3 Å². The van der Waals surface area contributed by atoms with Crippen molar-refractivity contribution in [1.29, 1.82) is 0 Å². The number of aromatic nitrogens is 1. The summed E-state index contributed by atoms with van der Waals surface area (Å²) < 4.78 is 11.1. The summed E-state index contributed by atoms with van der Waals surface area (Å²) in [5, 5.41) is 8.26. The molecule has 7 heteroatoms. The molecule has 1 fully saturated rings. The van der Waals surface area contributed by atoms with Gasteiger partial charge in [-0.2, -0.15) is 0 Å². The molecule has 1 atom stereocenters. The Kier molecular flexibility index (Phi) is 6.25. The summed E-state index contributed by atoms with van der Waals surface area (Å²) in [4.78, 5) is 16.5. The maximum atomic E-state index is 12.3. The summed E-state index contributed by atoms with van der Waals surface area (Å²) in [7, 11) is 1.57. The monoisotopic (exact) mass is 361 g/mol. The van der Waals surface area contributed by atoms with Crippen molar-refractivity contribution in [3.05, 3.63) is 40.3 Å². The molecule has 3 rings (SSSR count). The highest BCUT2D eigenvalue weighted by Crippen LogP contribution is 2.28. The zero-order chi connectivity index (χ0) is 17.5. The van der Waals surface area contributed by atoms with Gasteiger partial charge in [-0.3, -0.25) is 4.79 Å². The van der Waals surface area contributed by atoms with E-state index in [-0.39, 0.29) is 5.91 Å². The quantitative estimate of drug-likeness (QED) is 0.756. The maximum absolute atomic E-state index is 12.3. The highest BCUT2D eigenvalue weighted by atomic mass is 32.1. The van der Waals surface area contributed by atoms with E-state index in [0.29, 0.717) is 36.1 Å². The van der Waals surface area contributed by atoms with Crippen LogP contribution in [0.5, 0.6) is 11.5 Å². The van der Waals surface area contributed by atoms with Gasteiger partial charge in [-0.25, -0.2) is 4.98 Å². The SMILES string of the molecule is COc1cc(C(=O)NCCC2CCNC2)ccc1OCc1cscn1. The molecule has 2 heterocycles. The molecule has 2 N–H and O–H groups in total. The van der Waals surface area contributed by atoms with E-state index < -0.39 is 0 Å². The Labute approximate surface area is 151 Å². The number of methoxy groups -OCH3 is 1. The van der Waals surface area contributed by atoms with Crippen LogP contribution in [0.1, 0.15) is 28.9 Å². The normalized spacial score (nSPS) is 16.6.